The van der Waals surface area contributed by atoms with Crippen LogP contribution in [0.25, 0.3) is 11.5 Å². The zero-order valence-electron chi connectivity index (χ0n) is 20.0. The van der Waals surface area contributed by atoms with Crippen LogP contribution in [0.4, 0.5) is 6.01 Å². The van der Waals surface area contributed by atoms with Gasteiger partial charge in [-0.3, -0.25) is 10.1 Å². The van der Waals surface area contributed by atoms with Gasteiger partial charge >= 0.3 is 6.01 Å². The second kappa shape index (κ2) is 10.5. The van der Waals surface area contributed by atoms with E-state index in [0.717, 1.165) is 38.4 Å². The van der Waals surface area contributed by atoms with Gasteiger partial charge in [0.05, 0.1) is 9.79 Å². The van der Waals surface area contributed by atoms with E-state index in [1.165, 1.54) is 48.5 Å². The fourth-order valence-corrected chi connectivity index (χ4v) is 6.64. The Hall–Kier alpha value is -3.09. The normalized spacial score (nSPS) is 15.2. The number of nitrogens with zero attached hydrogens (tertiary/aromatic N) is 3. The summed E-state index contributed by atoms with van der Waals surface area (Å²) in [6, 6.07) is 11.5. The van der Waals surface area contributed by atoms with E-state index in [2.05, 4.69) is 15.5 Å². The van der Waals surface area contributed by atoms with E-state index < -0.39 is 25.8 Å². The minimum atomic E-state index is -3.67. The Bertz CT molecular complexity index is 1430. The molecule has 10 nitrogen and oxygen atoms in total. The molecular weight excluding hydrogens is 504 g/mol. The van der Waals surface area contributed by atoms with E-state index in [4.69, 9.17) is 4.42 Å². The van der Waals surface area contributed by atoms with Gasteiger partial charge in [0.1, 0.15) is 0 Å². The zero-order chi connectivity index (χ0) is 25.9. The molecule has 1 saturated carbocycles. The molecule has 1 aromatic heterocycles. The number of benzene rings is 2. The summed E-state index contributed by atoms with van der Waals surface area (Å²) in [5.41, 5.74) is 0.718. The molecule has 3 aromatic rings. The molecule has 192 valence electrons. The van der Waals surface area contributed by atoms with E-state index in [9.17, 15) is 21.6 Å². The molecule has 0 saturated heterocycles. The van der Waals surface area contributed by atoms with Crippen molar-refractivity contribution >= 4 is 31.8 Å². The Labute approximate surface area is 210 Å². The summed E-state index contributed by atoms with van der Waals surface area (Å²) in [5.74, 6) is -0.435. The van der Waals surface area contributed by atoms with Gasteiger partial charge in [-0.15, -0.1) is 5.10 Å². The standard InChI is InChI=1S/C24H28N4O6S2/c1-3-28(19-7-5-4-6-8-19)36(32,33)21-15-9-17(10-16-21)22(29)25-24-27-26-23(34-24)18-11-13-20(14-12-18)35(2,30)31/h9-16,19H,3-8H2,1-2H3,(H,25,27,29). The summed E-state index contributed by atoms with van der Waals surface area (Å²) < 4.78 is 56.7. The highest BCUT2D eigenvalue weighted by atomic mass is 32.2. The van der Waals surface area contributed by atoms with Crippen molar-refractivity contribution in [2.24, 2.45) is 0 Å². The first kappa shape index (κ1) is 26.0. The minimum Gasteiger partial charge on any atom is -0.403 e. The molecule has 0 spiro atoms. The predicted octanol–water partition coefficient (Wildman–Crippen LogP) is 3.74. The quantitative estimate of drug-likeness (QED) is 0.463. The van der Waals surface area contributed by atoms with Crippen molar-refractivity contribution in [3.05, 3.63) is 54.1 Å². The molecule has 2 aromatic carbocycles. The Morgan fingerprint density at radius 2 is 1.56 bits per heavy atom. The van der Waals surface area contributed by atoms with Crippen LogP contribution in [0.2, 0.25) is 0 Å². The number of aromatic nitrogens is 2. The summed E-state index contributed by atoms with van der Waals surface area (Å²) >= 11 is 0. The number of nitrogens with one attached hydrogen (secondary N) is 1. The van der Waals surface area contributed by atoms with E-state index in [-0.39, 0.29) is 33.3 Å². The molecule has 1 aliphatic rings. The number of amides is 1. The average molecular weight is 533 g/mol. The van der Waals surface area contributed by atoms with Crippen molar-refractivity contribution in [3.63, 3.8) is 0 Å². The number of sulfonamides is 1. The van der Waals surface area contributed by atoms with Gasteiger partial charge in [0.25, 0.3) is 5.91 Å². The average Bonchev–Trinajstić information content (AvgIpc) is 3.33. The fraction of sp³-hybridized carbons (Fsp3) is 0.375. The van der Waals surface area contributed by atoms with Crippen molar-refractivity contribution in [2.45, 2.75) is 54.9 Å². The molecule has 0 atom stereocenters. The predicted molar refractivity (Wildman–Crippen MR) is 134 cm³/mol. The highest BCUT2D eigenvalue weighted by molar-refractivity contribution is 7.90. The van der Waals surface area contributed by atoms with Crippen molar-refractivity contribution in [1.82, 2.24) is 14.5 Å². The lowest BCUT2D eigenvalue weighted by Crippen LogP contribution is -2.41. The molecule has 0 unspecified atom stereocenters. The van der Waals surface area contributed by atoms with Gasteiger partial charge in [0, 0.05) is 30.0 Å². The lowest BCUT2D eigenvalue weighted by atomic mass is 9.95. The molecule has 4 rings (SSSR count). The Morgan fingerprint density at radius 3 is 2.14 bits per heavy atom. The first-order valence-corrected chi connectivity index (χ1v) is 15.0. The zero-order valence-corrected chi connectivity index (χ0v) is 21.7. The molecule has 0 bridgehead atoms. The lowest BCUT2D eigenvalue weighted by molar-refractivity contribution is 0.102. The van der Waals surface area contributed by atoms with Gasteiger partial charge in [-0.05, 0) is 61.4 Å². The largest absolute Gasteiger partial charge is 0.403 e. The van der Waals surface area contributed by atoms with Crippen molar-refractivity contribution in [3.8, 4) is 11.5 Å². The fourth-order valence-electron chi connectivity index (χ4n) is 4.31. The highest BCUT2D eigenvalue weighted by Crippen LogP contribution is 2.28. The minimum absolute atomic E-state index is 0.00558. The maximum Gasteiger partial charge on any atom is 0.322 e. The Balaban J connectivity index is 1.44. The molecule has 0 radical (unpaired) electrons. The van der Waals surface area contributed by atoms with Gasteiger partial charge < -0.3 is 4.42 Å². The number of carbonyl (C=O) groups excluding carboxylic acids is 1. The Morgan fingerprint density at radius 1 is 0.944 bits per heavy atom. The third-order valence-corrected chi connectivity index (χ3v) is 9.36. The topological polar surface area (TPSA) is 140 Å². The van der Waals surface area contributed by atoms with E-state index in [1.54, 1.807) is 4.31 Å². The van der Waals surface area contributed by atoms with Crippen LogP contribution in [-0.4, -0.2) is 56.1 Å². The molecule has 36 heavy (non-hydrogen) atoms. The van der Waals surface area contributed by atoms with Crippen LogP contribution in [0.3, 0.4) is 0 Å². The number of hydrogen-bond acceptors (Lipinski definition) is 8. The van der Waals surface area contributed by atoms with Gasteiger partial charge in [-0.1, -0.05) is 31.3 Å². The number of rotatable bonds is 8. The second-order valence-electron chi connectivity index (χ2n) is 8.69. The van der Waals surface area contributed by atoms with Gasteiger partial charge in [-0.25, -0.2) is 16.8 Å². The maximum atomic E-state index is 13.2. The summed E-state index contributed by atoms with van der Waals surface area (Å²) in [4.78, 5) is 12.9. The highest BCUT2D eigenvalue weighted by Gasteiger charge is 2.31. The molecule has 1 amide bonds. The molecule has 1 heterocycles. The first-order chi connectivity index (χ1) is 17.1. The SMILES string of the molecule is CCN(C1CCCCC1)S(=O)(=O)c1ccc(C(=O)Nc2nnc(-c3ccc(S(C)(=O)=O)cc3)o2)cc1. The van der Waals surface area contributed by atoms with Gasteiger partial charge in [0.15, 0.2) is 9.84 Å². The van der Waals surface area contributed by atoms with Crippen LogP contribution in [0, 0.1) is 0 Å². The second-order valence-corrected chi connectivity index (χ2v) is 12.6. The summed E-state index contributed by atoms with van der Waals surface area (Å²) in [6.07, 6.45) is 6.03. The molecule has 1 N–H and O–H groups in total. The van der Waals surface area contributed by atoms with E-state index in [0.29, 0.717) is 12.1 Å². The smallest absolute Gasteiger partial charge is 0.322 e. The van der Waals surface area contributed by atoms with Crippen LogP contribution in [-0.2, 0) is 19.9 Å². The number of sulfone groups is 1. The van der Waals surface area contributed by atoms with E-state index in [1.807, 2.05) is 6.92 Å². The monoisotopic (exact) mass is 532 g/mol. The number of anilines is 1. The number of carbonyl (C=O) groups is 1. The lowest BCUT2D eigenvalue weighted by Gasteiger charge is -2.32. The Kier molecular flexibility index (Phi) is 7.57. The third kappa shape index (κ3) is 5.66. The van der Waals surface area contributed by atoms with E-state index >= 15 is 0 Å². The molecule has 1 fully saturated rings. The summed E-state index contributed by atoms with van der Waals surface area (Å²) in [5, 5.41) is 10.2. The maximum absolute atomic E-state index is 13.2. The first-order valence-electron chi connectivity index (χ1n) is 11.7. The molecular formula is C24H28N4O6S2. The van der Waals surface area contributed by atoms with Crippen molar-refractivity contribution in [1.29, 1.82) is 0 Å². The van der Waals surface area contributed by atoms with Crippen LogP contribution < -0.4 is 5.32 Å². The van der Waals surface area contributed by atoms with Gasteiger partial charge in [-0.2, -0.15) is 4.31 Å². The van der Waals surface area contributed by atoms with Crippen molar-refractivity contribution < 1.29 is 26.0 Å². The van der Waals surface area contributed by atoms with Crippen LogP contribution >= 0.6 is 0 Å². The van der Waals surface area contributed by atoms with Gasteiger partial charge in [0.2, 0.25) is 15.9 Å². The molecule has 0 aliphatic heterocycles. The number of hydrogen-bond donors (Lipinski definition) is 1. The van der Waals surface area contributed by atoms with Crippen LogP contribution in [0.5, 0.6) is 0 Å². The summed E-state index contributed by atoms with van der Waals surface area (Å²) in [6.45, 7) is 2.23. The van der Waals surface area contributed by atoms with Crippen LogP contribution in [0.15, 0.2) is 62.7 Å². The summed E-state index contributed by atoms with van der Waals surface area (Å²) in [7, 11) is -7.00. The third-order valence-electron chi connectivity index (χ3n) is 6.19. The van der Waals surface area contributed by atoms with Crippen LogP contribution in [0.1, 0.15) is 49.4 Å². The molecule has 12 heteroatoms. The molecule has 1 aliphatic carbocycles. The van der Waals surface area contributed by atoms with Crippen molar-refractivity contribution in [2.75, 3.05) is 18.1 Å².